The summed E-state index contributed by atoms with van der Waals surface area (Å²) in [5, 5.41) is 18.5. The zero-order chi connectivity index (χ0) is 31.9. The van der Waals surface area contributed by atoms with E-state index in [0.29, 0.717) is 70.9 Å². The van der Waals surface area contributed by atoms with E-state index >= 15 is 0 Å². The Kier molecular flexibility index (Phi) is 8.28. The molecule has 234 valence electrons. The molecule has 2 aliphatic rings. The lowest BCUT2D eigenvalue weighted by atomic mass is 9.97. The standard InChI is InChI=1S/C34H36ClN5O5/c1-20-27(31(33(42)43)45-34(2,3)4)29-23-13-14-25-30(28(23)35)39(16-17-44-25)15-9-5-6-10-21-11-7-8-12-22(21)19-36-32(41)24-18-26(37-20)40(29)38-24/h5,7-9,11-14,18,31H,6,10,15-17,19H2,1-4H3,(H,36,41)(H,42,43)/b9-5-/t31-/m0/s1. The van der Waals surface area contributed by atoms with Gasteiger partial charge >= 0.3 is 5.97 Å². The summed E-state index contributed by atoms with van der Waals surface area (Å²) in [4.78, 5) is 33.1. The van der Waals surface area contributed by atoms with Gasteiger partial charge in [-0.15, -0.1) is 0 Å². The van der Waals surface area contributed by atoms with Gasteiger partial charge in [0.15, 0.2) is 17.4 Å². The smallest absolute Gasteiger partial charge is 0.337 e. The summed E-state index contributed by atoms with van der Waals surface area (Å²) in [6, 6.07) is 13.3. The highest BCUT2D eigenvalue weighted by Crippen LogP contribution is 2.46. The lowest BCUT2D eigenvalue weighted by Crippen LogP contribution is -2.33. The summed E-state index contributed by atoms with van der Waals surface area (Å²) in [7, 11) is 0. The number of carboxylic acids is 1. The van der Waals surface area contributed by atoms with Crippen LogP contribution in [0.2, 0.25) is 5.02 Å². The number of carboxylic acid groups (broad SMARTS) is 1. The van der Waals surface area contributed by atoms with Gasteiger partial charge in [-0.05, 0) is 63.8 Å². The summed E-state index contributed by atoms with van der Waals surface area (Å²) in [5.41, 5.74) is 4.24. The average Bonchev–Trinajstić information content (AvgIpc) is 3.42. The van der Waals surface area contributed by atoms with Crippen molar-refractivity contribution in [3.63, 3.8) is 0 Å². The number of anilines is 1. The zero-order valence-electron chi connectivity index (χ0n) is 25.8. The minimum absolute atomic E-state index is 0.143. The van der Waals surface area contributed by atoms with Gasteiger partial charge < -0.3 is 24.8 Å². The second kappa shape index (κ2) is 12.2. The van der Waals surface area contributed by atoms with Gasteiger partial charge in [0.1, 0.15) is 12.4 Å². The van der Waals surface area contributed by atoms with Crippen molar-refractivity contribution in [3.05, 3.63) is 87.7 Å². The van der Waals surface area contributed by atoms with Gasteiger partial charge in [-0.2, -0.15) is 5.10 Å². The number of hydrogen-bond acceptors (Lipinski definition) is 7. The molecule has 0 saturated heterocycles. The molecule has 2 aromatic carbocycles. The monoisotopic (exact) mass is 629 g/mol. The Morgan fingerprint density at radius 2 is 1.93 bits per heavy atom. The van der Waals surface area contributed by atoms with Gasteiger partial charge in [-0.3, -0.25) is 4.79 Å². The fraction of sp³-hybridized carbons (Fsp3) is 0.353. The van der Waals surface area contributed by atoms with Crippen LogP contribution in [0.3, 0.4) is 0 Å². The summed E-state index contributed by atoms with van der Waals surface area (Å²) in [6.45, 7) is 9.19. The Morgan fingerprint density at radius 3 is 2.69 bits per heavy atom. The first-order chi connectivity index (χ1) is 21.5. The fourth-order valence-corrected chi connectivity index (χ4v) is 6.27. The molecule has 0 spiro atoms. The molecule has 1 atom stereocenters. The van der Waals surface area contributed by atoms with Crippen LogP contribution in [0.4, 0.5) is 5.69 Å². The van der Waals surface area contributed by atoms with Crippen LogP contribution in [0.1, 0.15) is 66.2 Å². The van der Waals surface area contributed by atoms with Crippen LogP contribution in [-0.4, -0.2) is 56.9 Å². The van der Waals surface area contributed by atoms with E-state index in [1.807, 2.05) is 24.3 Å². The summed E-state index contributed by atoms with van der Waals surface area (Å²) >= 11 is 7.25. The molecule has 2 aliphatic heterocycles. The number of amides is 1. The molecule has 11 heteroatoms. The second-order valence-corrected chi connectivity index (χ2v) is 12.6. The van der Waals surface area contributed by atoms with Gasteiger partial charge in [0, 0.05) is 36.0 Å². The largest absolute Gasteiger partial charge is 0.490 e. The number of nitrogens with one attached hydrogen (secondary N) is 1. The number of hydrogen-bond donors (Lipinski definition) is 2. The lowest BCUT2D eigenvalue weighted by molar-refractivity contribution is -0.160. The number of aryl methyl sites for hydroxylation is 2. The number of rotatable bonds is 3. The van der Waals surface area contributed by atoms with Crippen LogP contribution in [0.15, 0.2) is 54.6 Å². The van der Waals surface area contributed by atoms with Crippen molar-refractivity contribution in [3.8, 4) is 17.0 Å². The number of carbonyl (C=O) groups is 2. The number of aliphatic carboxylic acids is 1. The van der Waals surface area contributed by atoms with E-state index in [1.54, 1.807) is 39.8 Å². The van der Waals surface area contributed by atoms with E-state index in [4.69, 9.17) is 26.1 Å². The fourth-order valence-electron chi connectivity index (χ4n) is 5.90. The van der Waals surface area contributed by atoms with Crippen molar-refractivity contribution in [2.45, 2.75) is 58.8 Å². The van der Waals surface area contributed by atoms with Gasteiger partial charge in [0.25, 0.3) is 5.91 Å². The maximum atomic E-state index is 13.5. The highest BCUT2D eigenvalue weighted by Gasteiger charge is 2.35. The van der Waals surface area contributed by atoms with Crippen LogP contribution in [0.5, 0.6) is 5.75 Å². The molecule has 0 fully saturated rings. The first-order valence-corrected chi connectivity index (χ1v) is 15.4. The second-order valence-electron chi connectivity index (χ2n) is 12.2. The van der Waals surface area contributed by atoms with E-state index in [1.165, 1.54) is 4.52 Å². The Hall–Kier alpha value is -4.41. The van der Waals surface area contributed by atoms with Crippen LogP contribution >= 0.6 is 11.6 Å². The van der Waals surface area contributed by atoms with Gasteiger partial charge in [-0.1, -0.05) is 48.0 Å². The molecule has 0 aliphatic carbocycles. The van der Waals surface area contributed by atoms with Crippen molar-refractivity contribution < 1.29 is 24.2 Å². The van der Waals surface area contributed by atoms with E-state index < -0.39 is 17.7 Å². The molecule has 0 saturated carbocycles. The first kappa shape index (κ1) is 30.6. The Balaban J connectivity index is 1.60. The number of fused-ring (bicyclic) bond motifs is 4. The summed E-state index contributed by atoms with van der Waals surface area (Å²) < 4.78 is 13.6. The van der Waals surface area contributed by atoms with Gasteiger partial charge in [0.2, 0.25) is 0 Å². The highest BCUT2D eigenvalue weighted by atomic mass is 35.5. The lowest BCUT2D eigenvalue weighted by Gasteiger charge is -2.32. The van der Waals surface area contributed by atoms with Gasteiger partial charge in [0.05, 0.1) is 28.5 Å². The maximum absolute atomic E-state index is 13.5. The maximum Gasteiger partial charge on any atom is 0.337 e. The van der Waals surface area contributed by atoms with Crippen LogP contribution < -0.4 is 15.0 Å². The molecule has 4 heterocycles. The van der Waals surface area contributed by atoms with E-state index in [9.17, 15) is 14.7 Å². The Morgan fingerprint density at radius 1 is 1.16 bits per heavy atom. The molecule has 4 aromatic rings. The zero-order valence-corrected chi connectivity index (χ0v) is 26.5. The number of allylic oxidation sites excluding steroid dienone is 1. The summed E-state index contributed by atoms with van der Waals surface area (Å²) in [6.07, 6.45) is 4.56. The third-order valence-electron chi connectivity index (χ3n) is 7.92. The predicted octanol–water partition coefficient (Wildman–Crippen LogP) is 5.93. The van der Waals surface area contributed by atoms with E-state index in [2.05, 4.69) is 33.5 Å². The predicted molar refractivity (Wildman–Crippen MR) is 172 cm³/mol. The van der Waals surface area contributed by atoms with Crippen LogP contribution in [0, 0.1) is 6.92 Å². The normalized spacial score (nSPS) is 16.7. The highest BCUT2D eigenvalue weighted by molar-refractivity contribution is 6.36. The molecule has 0 radical (unpaired) electrons. The third kappa shape index (κ3) is 6.12. The van der Waals surface area contributed by atoms with Crippen LogP contribution in [0.25, 0.3) is 16.9 Å². The Labute approximate surface area is 266 Å². The molecule has 0 unspecified atom stereocenters. The third-order valence-corrected chi connectivity index (χ3v) is 8.30. The molecule has 2 N–H and O–H groups in total. The molecule has 4 bridgehead atoms. The molecule has 1 amide bonds. The van der Waals surface area contributed by atoms with Crippen molar-refractivity contribution in [1.29, 1.82) is 0 Å². The van der Waals surface area contributed by atoms with E-state index in [-0.39, 0.29) is 11.6 Å². The van der Waals surface area contributed by atoms with Crippen molar-refractivity contribution in [2.75, 3.05) is 24.6 Å². The molecular weight excluding hydrogens is 594 g/mol. The van der Waals surface area contributed by atoms with Crippen molar-refractivity contribution >= 4 is 34.8 Å². The molecular formula is C34H36ClN5O5. The van der Waals surface area contributed by atoms with Crippen LogP contribution in [-0.2, 0) is 22.5 Å². The van der Waals surface area contributed by atoms with E-state index in [0.717, 1.165) is 24.0 Å². The molecule has 10 nitrogen and oxygen atoms in total. The van der Waals surface area contributed by atoms with Crippen molar-refractivity contribution in [2.24, 2.45) is 0 Å². The number of nitrogens with zero attached hydrogens (tertiary/aromatic N) is 4. The number of benzene rings is 2. The Bertz CT molecular complexity index is 1830. The molecule has 6 rings (SSSR count). The number of aromatic nitrogens is 3. The number of ether oxygens (including phenoxy) is 2. The average molecular weight is 630 g/mol. The molecule has 45 heavy (non-hydrogen) atoms. The minimum atomic E-state index is -1.39. The topological polar surface area (TPSA) is 118 Å². The summed E-state index contributed by atoms with van der Waals surface area (Å²) in [5.74, 6) is -0.923. The number of halogens is 1. The van der Waals surface area contributed by atoms with Crippen molar-refractivity contribution in [1.82, 2.24) is 19.9 Å². The first-order valence-electron chi connectivity index (χ1n) is 15.0. The SMILES string of the molecule is Cc1nc2cc3nn2c(c1[C@H](OC(C)(C)C)C(=O)O)-c1ccc2c(c1Cl)N(C/C=C\CCc1ccccc1CNC3=O)CCO2. The molecule has 2 aromatic heterocycles. The number of carbonyl (C=O) groups excluding carboxylic acids is 1. The van der Waals surface area contributed by atoms with Gasteiger partial charge in [-0.25, -0.2) is 14.3 Å². The minimum Gasteiger partial charge on any atom is -0.490 e. The quantitative estimate of drug-likeness (QED) is 0.268.